The van der Waals surface area contributed by atoms with Gasteiger partial charge in [0.05, 0.1) is 10.7 Å². The molecule has 2 aliphatic rings. The Morgan fingerprint density at radius 2 is 2.37 bits per heavy atom. The van der Waals surface area contributed by atoms with E-state index in [0.717, 1.165) is 24.2 Å². The highest BCUT2D eigenvalue weighted by molar-refractivity contribution is 6.35. The lowest BCUT2D eigenvalue weighted by Gasteiger charge is -2.29. The molecule has 1 saturated heterocycles. The van der Waals surface area contributed by atoms with Crippen molar-refractivity contribution in [2.75, 3.05) is 20.1 Å². The number of likely N-dealkylation sites (tertiary alicyclic amines) is 1. The van der Waals surface area contributed by atoms with Crippen LogP contribution in [0.1, 0.15) is 18.5 Å². The van der Waals surface area contributed by atoms with Crippen molar-refractivity contribution in [1.82, 2.24) is 15.1 Å². The molecule has 0 radical (unpaired) electrons. The maximum absolute atomic E-state index is 13.6. The summed E-state index contributed by atoms with van der Waals surface area (Å²) in [4.78, 5) is 2.34. The fraction of sp³-hybridized carbons (Fsp3) is 0.500. The van der Waals surface area contributed by atoms with E-state index in [1.54, 1.807) is 6.07 Å². The third-order valence-corrected chi connectivity index (χ3v) is 5.01. The van der Waals surface area contributed by atoms with Crippen LogP contribution in [0.4, 0.5) is 4.39 Å². The lowest BCUT2D eigenvalue weighted by molar-refractivity contribution is 0.241. The molecular formula is C14H15ClFN3. The number of nitrogens with one attached hydrogen (secondary N) is 1. The average molecular weight is 280 g/mol. The Morgan fingerprint density at radius 3 is 3.21 bits per heavy atom. The maximum atomic E-state index is 13.6. The van der Waals surface area contributed by atoms with Crippen molar-refractivity contribution in [2.24, 2.45) is 5.92 Å². The number of aromatic amines is 1. The van der Waals surface area contributed by atoms with E-state index >= 15 is 0 Å². The molecule has 2 unspecified atom stereocenters. The predicted octanol–water partition coefficient (Wildman–Crippen LogP) is 2.95. The van der Waals surface area contributed by atoms with Crippen LogP contribution < -0.4 is 0 Å². The van der Waals surface area contributed by atoms with Crippen molar-refractivity contribution in [3.63, 3.8) is 0 Å². The molecule has 2 heterocycles. The standard InChI is InChI=1S/C14H15ClFN3/c1-19-3-2-8-6-14(8,7-19)13-10-4-9(16)5-11(15)12(10)17-18-13/h4-5,8H,2-3,6-7H2,1H3,(H,17,18). The summed E-state index contributed by atoms with van der Waals surface area (Å²) in [5, 5.41) is 8.65. The van der Waals surface area contributed by atoms with Gasteiger partial charge in [0.25, 0.3) is 0 Å². The van der Waals surface area contributed by atoms with Gasteiger partial charge in [-0.1, -0.05) is 11.6 Å². The largest absolute Gasteiger partial charge is 0.305 e. The van der Waals surface area contributed by atoms with Gasteiger partial charge in [-0.25, -0.2) is 4.39 Å². The molecule has 0 amide bonds. The number of nitrogens with zero attached hydrogens (tertiary/aromatic N) is 2. The Kier molecular flexibility index (Phi) is 2.28. The monoisotopic (exact) mass is 279 g/mol. The lowest BCUT2D eigenvalue weighted by atomic mass is 9.91. The predicted molar refractivity (Wildman–Crippen MR) is 73.0 cm³/mol. The second-order valence-electron chi connectivity index (χ2n) is 5.97. The summed E-state index contributed by atoms with van der Waals surface area (Å²) in [5.74, 6) is 0.410. The first-order valence-electron chi connectivity index (χ1n) is 6.62. The van der Waals surface area contributed by atoms with Crippen LogP contribution in [0.25, 0.3) is 10.9 Å². The van der Waals surface area contributed by atoms with E-state index in [4.69, 9.17) is 11.6 Å². The van der Waals surface area contributed by atoms with Gasteiger partial charge < -0.3 is 4.90 Å². The molecule has 1 aromatic heterocycles. The fourth-order valence-corrected chi connectivity index (χ4v) is 3.94. The van der Waals surface area contributed by atoms with E-state index < -0.39 is 0 Å². The van der Waals surface area contributed by atoms with Gasteiger partial charge in [0.2, 0.25) is 0 Å². The fourth-order valence-electron chi connectivity index (χ4n) is 3.70. The van der Waals surface area contributed by atoms with Gasteiger partial charge in [-0.2, -0.15) is 5.10 Å². The Balaban J connectivity index is 1.88. The van der Waals surface area contributed by atoms with Crippen molar-refractivity contribution in [3.05, 3.63) is 28.7 Å². The van der Waals surface area contributed by atoms with Gasteiger partial charge >= 0.3 is 0 Å². The Hall–Kier alpha value is -1.13. The van der Waals surface area contributed by atoms with E-state index in [9.17, 15) is 4.39 Å². The summed E-state index contributed by atoms with van der Waals surface area (Å²) in [7, 11) is 2.14. The summed E-state index contributed by atoms with van der Waals surface area (Å²) in [6.45, 7) is 2.16. The lowest BCUT2D eigenvalue weighted by Crippen LogP contribution is -2.36. The van der Waals surface area contributed by atoms with Crippen LogP contribution >= 0.6 is 11.6 Å². The summed E-state index contributed by atoms with van der Waals surface area (Å²) in [6.07, 6.45) is 2.38. The van der Waals surface area contributed by atoms with E-state index in [2.05, 4.69) is 22.1 Å². The third-order valence-electron chi connectivity index (χ3n) is 4.72. The highest BCUT2D eigenvalue weighted by atomic mass is 35.5. The summed E-state index contributed by atoms with van der Waals surface area (Å²) < 4.78 is 13.6. The van der Waals surface area contributed by atoms with E-state index in [-0.39, 0.29) is 11.2 Å². The quantitative estimate of drug-likeness (QED) is 0.870. The van der Waals surface area contributed by atoms with Crippen LogP contribution in [0.2, 0.25) is 5.02 Å². The van der Waals surface area contributed by atoms with Crippen molar-refractivity contribution < 1.29 is 4.39 Å². The first-order chi connectivity index (χ1) is 9.10. The van der Waals surface area contributed by atoms with Gasteiger partial charge in [-0.3, -0.25) is 5.10 Å². The van der Waals surface area contributed by atoms with E-state index in [1.807, 2.05) is 0 Å². The molecule has 2 atom stereocenters. The molecule has 1 aromatic carbocycles. The molecule has 1 saturated carbocycles. The Labute approximate surface area is 115 Å². The summed E-state index contributed by atoms with van der Waals surface area (Å²) >= 11 is 6.07. The van der Waals surface area contributed by atoms with Crippen LogP contribution in [-0.2, 0) is 5.41 Å². The molecule has 1 N–H and O–H groups in total. The SMILES string of the molecule is CN1CCC2CC2(c2[nH]nc3c(Cl)cc(F)cc23)C1. The molecule has 1 aliphatic carbocycles. The number of fused-ring (bicyclic) bond motifs is 2. The van der Waals surface area contributed by atoms with Crippen molar-refractivity contribution in [1.29, 1.82) is 0 Å². The highest BCUT2D eigenvalue weighted by Gasteiger charge is 2.58. The molecule has 2 aromatic rings. The number of halogens is 2. The van der Waals surface area contributed by atoms with Crippen LogP contribution in [0.3, 0.4) is 0 Å². The molecule has 100 valence electrons. The summed E-state index contributed by atoms with van der Waals surface area (Å²) in [6, 6.07) is 2.88. The number of hydrogen-bond donors (Lipinski definition) is 1. The number of piperidine rings is 1. The van der Waals surface area contributed by atoms with Gasteiger partial charge in [0.1, 0.15) is 11.3 Å². The van der Waals surface area contributed by atoms with Crippen molar-refractivity contribution >= 4 is 22.5 Å². The van der Waals surface area contributed by atoms with Gasteiger partial charge in [-0.15, -0.1) is 0 Å². The minimum Gasteiger partial charge on any atom is -0.305 e. The van der Waals surface area contributed by atoms with Crippen molar-refractivity contribution in [3.8, 4) is 0 Å². The zero-order valence-corrected chi connectivity index (χ0v) is 11.5. The highest BCUT2D eigenvalue weighted by Crippen LogP contribution is 2.59. The molecule has 0 bridgehead atoms. The van der Waals surface area contributed by atoms with Gasteiger partial charge in [-0.05, 0) is 44.5 Å². The smallest absolute Gasteiger partial charge is 0.125 e. The van der Waals surface area contributed by atoms with E-state index in [1.165, 1.54) is 18.9 Å². The van der Waals surface area contributed by atoms with Crippen LogP contribution in [0.5, 0.6) is 0 Å². The molecule has 2 fully saturated rings. The number of benzene rings is 1. The number of likely N-dealkylation sites (N-methyl/N-ethyl adjacent to an activating group) is 1. The first kappa shape index (κ1) is 11.7. The normalized spacial score (nSPS) is 30.6. The summed E-state index contributed by atoms with van der Waals surface area (Å²) in [5.41, 5.74) is 1.89. The zero-order valence-electron chi connectivity index (χ0n) is 10.7. The van der Waals surface area contributed by atoms with Gasteiger partial charge in [0.15, 0.2) is 0 Å². The topological polar surface area (TPSA) is 31.9 Å². The molecule has 5 heteroatoms. The third kappa shape index (κ3) is 1.56. The first-order valence-corrected chi connectivity index (χ1v) is 7.00. The van der Waals surface area contributed by atoms with Crippen LogP contribution in [0.15, 0.2) is 12.1 Å². The Bertz CT molecular complexity index is 668. The van der Waals surface area contributed by atoms with Crippen molar-refractivity contribution in [2.45, 2.75) is 18.3 Å². The maximum Gasteiger partial charge on any atom is 0.125 e. The molecule has 19 heavy (non-hydrogen) atoms. The molecule has 0 spiro atoms. The second kappa shape index (κ2) is 3.70. The van der Waals surface area contributed by atoms with Crippen LogP contribution in [-0.4, -0.2) is 35.2 Å². The number of hydrogen-bond acceptors (Lipinski definition) is 2. The average Bonchev–Trinajstić information content (AvgIpc) is 2.90. The molecule has 3 nitrogen and oxygen atoms in total. The second-order valence-corrected chi connectivity index (χ2v) is 6.37. The van der Waals surface area contributed by atoms with E-state index in [0.29, 0.717) is 16.5 Å². The molecule has 4 rings (SSSR count). The minimum absolute atomic E-state index is 0.138. The number of H-pyrrole nitrogens is 1. The van der Waals surface area contributed by atoms with Gasteiger partial charge in [0, 0.05) is 17.3 Å². The molecule has 1 aliphatic heterocycles. The Morgan fingerprint density at radius 1 is 1.53 bits per heavy atom. The number of aromatic nitrogens is 2. The minimum atomic E-state index is -0.294. The molecular weight excluding hydrogens is 265 g/mol. The zero-order chi connectivity index (χ0) is 13.2. The number of rotatable bonds is 1. The van der Waals surface area contributed by atoms with Crippen LogP contribution in [0, 0.1) is 11.7 Å².